The second-order valence-electron chi connectivity index (χ2n) is 4.07. The highest BCUT2D eigenvalue weighted by Crippen LogP contribution is 2.32. The van der Waals surface area contributed by atoms with Crippen LogP contribution in [0.15, 0.2) is 42.1 Å². The molecule has 2 rings (SSSR count). The van der Waals surface area contributed by atoms with Gasteiger partial charge in [-0.15, -0.1) is 0 Å². The van der Waals surface area contributed by atoms with E-state index < -0.39 is 18.0 Å². The van der Waals surface area contributed by atoms with Crippen molar-refractivity contribution in [1.29, 1.82) is 0 Å². The number of rotatable bonds is 2. The van der Waals surface area contributed by atoms with Crippen LogP contribution >= 0.6 is 0 Å². The Bertz CT molecular complexity index is 482. The first-order chi connectivity index (χ1) is 8.98. The summed E-state index contributed by atoms with van der Waals surface area (Å²) in [7, 11) is 0. The molecule has 1 aromatic carbocycles. The van der Waals surface area contributed by atoms with Crippen molar-refractivity contribution < 1.29 is 22.7 Å². The molecule has 19 heavy (non-hydrogen) atoms. The van der Waals surface area contributed by atoms with Gasteiger partial charge in [-0.2, -0.15) is 13.2 Å². The SMILES string of the molecule is O=C(OCc1ccccc1)N1CCC=C1C(F)(F)F. The van der Waals surface area contributed by atoms with Crippen LogP contribution in [0.4, 0.5) is 18.0 Å². The summed E-state index contributed by atoms with van der Waals surface area (Å²) >= 11 is 0. The minimum atomic E-state index is -4.53. The van der Waals surface area contributed by atoms with Crippen molar-refractivity contribution in [3.05, 3.63) is 47.7 Å². The van der Waals surface area contributed by atoms with Crippen LogP contribution in [0, 0.1) is 0 Å². The minimum Gasteiger partial charge on any atom is -0.444 e. The number of nitrogens with zero attached hydrogens (tertiary/aromatic N) is 1. The molecule has 0 radical (unpaired) electrons. The van der Waals surface area contributed by atoms with Gasteiger partial charge in [-0.1, -0.05) is 36.4 Å². The fourth-order valence-corrected chi connectivity index (χ4v) is 1.82. The maximum Gasteiger partial charge on any atom is 0.431 e. The second kappa shape index (κ2) is 5.34. The number of alkyl halides is 3. The molecule has 1 aliphatic rings. The van der Waals surface area contributed by atoms with Gasteiger partial charge in [0.2, 0.25) is 0 Å². The van der Waals surface area contributed by atoms with Crippen LogP contribution in [0.1, 0.15) is 12.0 Å². The third-order valence-corrected chi connectivity index (χ3v) is 2.70. The lowest BCUT2D eigenvalue weighted by Gasteiger charge is -2.21. The van der Waals surface area contributed by atoms with Crippen LogP contribution < -0.4 is 0 Å². The topological polar surface area (TPSA) is 29.5 Å². The Morgan fingerprint density at radius 3 is 2.58 bits per heavy atom. The molecule has 1 aromatic rings. The molecule has 0 N–H and O–H groups in total. The molecule has 0 spiro atoms. The van der Waals surface area contributed by atoms with E-state index in [2.05, 4.69) is 0 Å². The molecule has 1 heterocycles. The third kappa shape index (κ3) is 3.27. The molecule has 102 valence electrons. The van der Waals surface area contributed by atoms with E-state index in [0.717, 1.165) is 11.6 Å². The first kappa shape index (κ1) is 13.5. The molecule has 6 heteroatoms. The lowest BCUT2D eigenvalue weighted by atomic mass is 10.2. The number of allylic oxidation sites excluding steroid dienone is 1. The average molecular weight is 271 g/mol. The van der Waals surface area contributed by atoms with E-state index in [1.54, 1.807) is 30.3 Å². The third-order valence-electron chi connectivity index (χ3n) is 2.70. The Labute approximate surface area is 108 Å². The summed E-state index contributed by atoms with van der Waals surface area (Å²) in [5.41, 5.74) is -0.210. The van der Waals surface area contributed by atoms with E-state index in [1.807, 2.05) is 0 Å². The predicted octanol–water partition coefficient (Wildman–Crippen LogP) is 3.48. The molecular formula is C13H12F3NO2. The van der Waals surface area contributed by atoms with Crippen LogP contribution in [-0.4, -0.2) is 23.7 Å². The molecule has 0 atom stereocenters. The van der Waals surface area contributed by atoms with Crippen LogP contribution in [0.3, 0.4) is 0 Å². The van der Waals surface area contributed by atoms with E-state index in [9.17, 15) is 18.0 Å². The van der Waals surface area contributed by atoms with Crippen molar-refractivity contribution in [2.75, 3.05) is 6.54 Å². The fraction of sp³-hybridized carbons (Fsp3) is 0.308. The number of halogens is 3. The highest BCUT2D eigenvalue weighted by Gasteiger charge is 2.42. The number of hydrogen-bond acceptors (Lipinski definition) is 2. The normalized spacial score (nSPS) is 15.3. The first-order valence-corrected chi connectivity index (χ1v) is 5.74. The van der Waals surface area contributed by atoms with E-state index in [0.29, 0.717) is 4.90 Å². The molecular weight excluding hydrogens is 259 g/mol. The van der Waals surface area contributed by atoms with Gasteiger partial charge in [0.1, 0.15) is 12.3 Å². The number of amides is 1. The Hall–Kier alpha value is -1.98. The summed E-state index contributed by atoms with van der Waals surface area (Å²) in [4.78, 5) is 12.3. The van der Waals surface area contributed by atoms with Crippen molar-refractivity contribution in [2.24, 2.45) is 0 Å². The van der Waals surface area contributed by atoms with Crippen LogP contribution in [0.2, 0.25) is 0 Å². The summed E-state index contributed by atoms with van der Waals surface area (Å²) in [6, 6.07) is 8.80. The Morgan fingerprint density at radius 2 is 1.95 bits per heavy atom. The number of carbonyl (C=O) groups excluding carboxylic acids is 1. The predicted molar refractivity (Wildman–Crippen MR) is 62.1 cm³/mol. The Kier molecular flexibility index (Phi) is 3.78. The maximum atomic E-state index is 12.6. The van der Waals surface area contributed by atoms with E-state index in [-0.39, 0.29) is 19.6 Å². The number of benzene rings is 1. The van der Waals surface area contributed by atoms with Gasteiger partial charge in [0, 0.05) is 6.54 Å². The van der Waals surface area contributed by atoms with Gasteiger partial charge in [-0.25, -0.2) is 4.79 Å². The molecule has 0 unspecified atom stereocenters. The Morgan fingerprint density at radius 1 is 1.26 bits per heavy atom. The van der Waals surface area contributed by atoms with Gasteiger partial charge < -0.3 is 4.74 Å². The molecule has 1 aliphatic heterocycles. The largest absolute Gasteiger partial charge is 0.444 e. The van der Waals surface area contributed by atoms with Gasteiger partial charge in [-0.05, 0) is 12.0 Å². The van der Waals surface area contributed by atoms with Crippen LogP contribution in [-0.2, 0) is 11.3 Å². The highest BCUT2D eigenvalue weighted by molar-refractivity contribution is 5.71. The average Bonchev–Trinajstić information content (AvgIpc) is 2.86. The van der Waals surface area contributed by atoms with Gasteiger partial charge in [-0.3, -0.25) is 4.90 Å². The fourth-order valence-electron chi connectivity index (χ4n) is 1.82. The molecule has 1 amide bonds. The van der Waals surface area contributed by atoms with Crippen molar-refractivity contribution in [3.8, 4) is 0 Å². The smallest absolute Gasteiger partial charge is 0.431 e. The zero-order valence-electron chi connectivity index (χ0n) is 9.98. The molecule has 0 bridgehead atoms. The highest BCUT2D eigenvalue weighted by atomic mass is 19.4. The van der Waals surface area contributed by atoms with Gasteiger partial charge >= 0.3 is 12.3 Å². The summed E-state index contributed by atoms with van der Waals surface area (Å²) < 4.78 is 42.7. The van der Waals surface area contributed by atoms with E-state index in [4.69, 9.17) is 4.74 Å². The Balaban J connectivity index is 1.96. The lowest BCUT2D eigenvalue weighted by Crippen LogP contribution is -2.34. The van der Waals surface area contributed by atoms with Gasteiger partial charge in [0.25, 0.3) is 0 Å². The molecule has 0 aliphatic carbocycles. The molecule has 3 nitrogen and oxygen atoms in total. The standard InChI is InChI=1S/C13H12F3NO2/c14-13(15,16)11-7-4-8-17(11)12(18)19-9-10-5-2-1-3-6-10/h1-3,5-7H,4,8-9H2. The molecule has 0 aromatic heterocycles. The van der Waals surface area contributed by atoms with Crippen molar-refractivity contribution in [3.63, 3.8) is 0 Å². The number of ether oxygens (including phenoxy) is 1. The lowest BCUT2D eigenvalue weighted by molar-refractivity contribution is -0.107. The maximum absolute atomic E-state index is 12.6. The number of carbonyl (C=O) groups is 1. The summed E-state index contributed by atoms with van der Waals surface area (Å²) in [5, 5.41) is 0. The van der Waals surface area contributed by atoms with E-state index >= 15 is 0 Å². The molecule has 0 fully saturated rings. The van der Waals surface area contributed by atoms with Crippen LogP contribution in [0.5, 0.6) is 0 Å². The van der Waals surface area contributed by atoms with Crippen molar-refractivity contribution in [2.45, 2.75) is 19.2 Å². The van der Waals surface area contributed by atoms with Gasteiger partial charge in [0.05, 0.1) is 0 Å². The first-order valence-electron chi connectivity index (χ1n) is 5.74. The summed E-state index contributed by atoms with van der Waals surface area (Å²) in [6.07, 6.45) is -4.30. The zero-order valence-corrected chi connectivity index (χ0v) is 9.98. The number of hydrogen-bond donors (Lipinski definition) is 0. The zero-order chi connectivity index (χ0) is 13.9. The monoisotopic (exact) mass is 271 g/mol. The van der Waals surface area contributed by atoms with Crippen molar-refractivity contribution >= 4 is 6.09 Å². The van der Waals surface area contributed by atoms with Crippen molar-refractivity contribution in [1.82, 2.24) is 4.90 Å². The van der Waals surface area contributed by atoms with Crippen LogP contribution in [0.25, 0.3) is 0 Å². The van der Waals surface area contributed by atoms with Gasteiger partial charge in [0.15, 0.2) is 0 Å². The second-order valence-corrected chi connectivity index (χ2v) is 4.07. The summed E-state index contributed by atoms with van der Waals surface area (Å²) in [5.74, 6) is 0. The quantitative estimate of drug-likeness (QED) is 0.824. The summed E-state index contributed by atoms with van der Waals surface area (Å²) in [6.45, 7) is -0.0379. The van der Waals surface area contributed by atoms with E-state index in [1.165, 1.54) is 0 Å². The minimum absolute atomic E-state index is 0.00245. The molecule has 0 saturated heterocycles. The molecule has 0 saturated carbocycles.